The van der Waals surface area contributed by atoms with Crippen molar-refractivity contribution in [2.24, 2.45) is 5.92 Å². The molecule has 0 saturated carbocycles. The Morgan fingerprint density at radius 2 is 1.11 bits per heavy atom. The Kier molecular flexibility index (Phi) is 18.0. The van der Waals surface area contributed by atoms with Crippen molar-refractivity contribution in [3.63, 3.8) is 0 Å². The number of carboxylic acid groups (broad SMARTS) is 1. The van der Waals surface area contributed by atoms with Crippen molar-refractivity contribution in [1.82, 2.24) is 21.3 Å². The molecule has 0 aliphatic carbocycles. The Morgan fingerprint density at radius 1 is 0.625 bits per heavy atom. The first-order chi connectivity index (χ1) is 26.6. The minimum atomic E-state index is -1.36. The molecule has 5 N–H and O–H groups in total. The second-order valence-corrected chi connectivity index (χ2v) is 14.7. The van der Waals surface area contributed by atoms with E-state index in [2.05, 4.69) is 21.3 Å². The van der Waals surface area contributed by atoms with E-state index in [1.807, 2.05) is 62.4 Å². The molecule has 14 heteroatoms. The number of rotatable bonds is 21. The highest BCUT2D eigenvalue weighted by atomic mass is 16.6. The van der Waals surface area contributed by atoms with Crippen molar-refractivity contribution in [2.75, 3.05) is 6.61 Å². The van der Waals surface area contributed by atoms with Gasteiger partial charge >= 0.3 is 18.0 Å². The second-order valence-electron chi connectivity index (χ2n) is 14.7. The van der Waals surface area contributed by atoms with Crippen LogP contribution in [0.1, 0.15) is 70.6 Å². The number of esters is 1. The Bertz CT molecular complexity index is 1720. The van der Waals surface area contributed by atoms with Crippen LogP contribution in [0.25, 0.3) is 0 Å². The number of nitrogens with one attached hydrogen (secondary N) is 4. The number of benzene rings is 3. The van der Waals surface area contributed by atoms with Crippen LogP contribution in [-0.4, -0.2) is 77.2 Å². The van der Waals surface area contributed by atoms with Crippen LogP contribution in [0.15, 0.2) is 91.0 Å². The van der Waals surface area contributed by atoms with Crippen molar-refractivity contribution in [1.29, 1.82) is 0 Å². The minimum absolute atomic E-state index is 0.00861. The summed E-state index contributed by atoms with van der Waals surface area (Å²) in [7, 11) is 0. The van der Waals surface area contributed by atoms with E-state index in [0.717, 1.165) is 11.1 Å². The van der Waals surface area contributed by atoms with E-state index in [1.165, 1.54) is 0 Å². The van der Waals surface area contributed by atoms with E-state index in [0.29, 0.717) is 5.56 Å². The van der Waals surface area contributed by atoms with Crippen LogP contribution in [0.2, 0.25) is 0 Å². The lowest BCUT2D eigenvalue weighted by molar-refractivity contribution is -0.145. The lowest BCUT2D eigenvalue weighted by atomic mass is 10.0. The van der Waals surface area contributed by atoms with Gasteiger partial charge in [-0.2, -0.15) is 0 Å². The first-order valence-electron chi connectivity index (χ1n) is 18.6. The molecule has 0 fully saturated rings. The lowest BCUT2D eigenvalue weighted by Crippen LogP contribution is -2.59. The fraction of sp³-hybridized carbons (Fsp3) is 0.429. The number of alkyl carbamates (subject to hydrolysis) is 1. The summed E-state index contributed by atoms with van der Waals surface area (Å²) in [5.41, 5.74) is 1.37. The number of aliphatic carboxylic acids is 1. The number of carbonyl (C=O) groups is 6. The van der Waals surface area contributed by atoms with Gasteiger partial charge in [-0.1, -0.05) is 105 Å². The zero-order valence-electron chi connectivity index (χ0n) is 32.6. The van der Waals surface area contributed by atoms with Gasteiger partial charge in [-0.25, -0.2) is 9.59 Å². The van der Waals surface area contributed by atoms with E-state index in [4.69, 9.17) is 14.2 Å². The molecule has 0 aromatic heterocycles. The summed E-state index contributed by atoms with van der Waals surface area (Å²) in [6.07, 6.45) is -1.20. The highest BCUT2D eigenvalue weighted by Gasteiger charge is 2.33. The maximum Gasteiger partial charge on any atom is 0.408 e. The number of hydrogen-bond donors (Lipinski definition) is 5. The summed E-state index contributed by atoms with van der Waals surface area (Å²) >= 11 is 0. The van der Waals surface area contributed by atoms with Gasteiger partial charge in [0.1, 0.15) is 36.4 Å². The molecule has 0 aliphatic rings. The van der Waals surface area contributed by atoms with Gasteiger partial charge in [0, 0.05) is 12.8 Å². The van der Waals surface area contributed by atoms with E-state index in [9.17, 15) is 33.9 Å². The molecule has 3 aromatic rings. The topological polar surface area (TPSA) is 198 Å². The molecule has 302 valence electrons. The van der Waals surface area contributed by atoms with Crippen LogP contribution >= 0.6 is 0 Å². The van der Waals surface area contributed by atoms with Gasteiger partial charge in [-0.3, -0.25) is 19.2 Å². The van der Waals surface area contributed by atoms with Crippen molar-refractivity contribution >= 4 is 35.8 Å². The normalized spacial score (nSPS) is 13.3. The van der Waals surface area contributed by atoms with Crippen LogP contribution in [0.5, 0.6) is 0 Å². The third-order valence-electron chi connectivity index (χ3n) is 8.15. The smallest absolute Gasteiger partial charge is 0.408 e. The zero-order chi connectivity index (χ0) is 41.1. The fourth-order valence-corrected chi connectivity index (χ4v) is 5.41. The van der Waals surface area contributed by atoms with Crippen LogP contribution in [0.3, 0.4) is 0 Å². The Labute approximate surface area is 328 Å². The molecule has 0 saturated heterocycles. The fourth-order valence-electron chi connectivity index (χ4n) is 5.41. The monoisotopic (exact) mass is 774 g/mol. The maximum absolute atomic E-state index is 13.9. The molecule has 3 aromatic carbocycles. The van der Waals surface area contributed by atoms with Gasteiger partial charge in [0.15, 0.2) is 0 Å². The molecular weight excluding hydrogens is 720 g/mol. The molecule has 0 bridgehead atoms. The number of carbonyl (C=O) groups excluding carboxylic acids is 5. The zero-order valence-corrected chi connectivity index (χ0v) is 32.6. The molecule has 0 heterocycles. The van der Waals surface area contributed by atoms with Crippen LogP contribution < -0.4 is 21.3 Å². The van der Waals surface area contributed by atoms with Crippen molar-refractivity contribution in [3.8, 4) is 0 Å². The summed E-state index contributed by atoms with van der Waals surface area (Å²) in [6.45, 7) is 8.44. The Hall–Kier alpha value is -5.76. The van der Waals surface area contributed by atoms with Crippen molar-refractivity contribution in [2.45, 2.75) is 103 Å². The summed E-state index contributed by atoms with van der Waals surface area (Å²) in [6, 6.07) is 21.8. The molecule has 0 aliphatic heterocycles. The molecule has 4 atom stereocenters. The highest BCUT2D eigenvalue weighted by molar-refractivity contribution is 5.95. The Balaban J connectivity index is 1.78. The molecule has 0 spiro atoms. The van der Waals surface area contributed by atoms with E-state index in [-0.39, 0.29) is 51.4 Å². The minimum Gasteiger partial charge on any atom is -0.480 e. The number of carboxylic acids is 1. The quantitative estimate of drug-likeness (QED) is 0.0965. The van der Waals surface area contributed by atoms with Gasteiger partial charge < -0.3 is 40.6 Å². The largest absolute Gasteiger partial charge is 0.480 e. The summed E-state index contributed by atoms with van der Waals surface area (Å²) in [5, 5.41) is 20.3. The highest BCUT2D eigenvalue weighted by Crippen LogP contribution is 2.12. The third kappa shape index (κ3) is 17.1. The first-order valence-corrected chi connectivity index (χ1v) is 18.6. The molecule has 14 nitrogen and oxygen atoms in total. The predicted molar refractivity (Wildman–Crippen MR) is 208 cm³/mol. The van der Waals surface area contributed by atoms with Gasteiger partial charge in [0.05, 0.1) is 13.2 Å². The average molecular weight is 775 g/mol. The van der Waals surface area contributed by atoms with E-state index in [1.54, 1.807) is 63.2 Å². The molecular formula is C42H54N4O10. The first kappa shape index (κ1) is 44.6. The van der Waals surface area contributed by atoms with Crippen molar-refractivity contribution in [3.05, 3.63) is 108 Å². The number of amides is 4. The van der Waals surface area contributed by atoms with Crippen LogP contribution in [0.4, 0.5) is 4.79 Å². The van der Waals surface area contributed by atoms with Gasteiger partial charge in [-0.15, -0.1) is 0 Å². The number of hydrogen-bond acceptors (Lipinski definition) is 9. The summed E-state index contributed by atoms with van der Waals surface area (Å²) in [4.78, 5) is 79.0. The second kappa shape index (κ2) is 22.6. The predicted octanol–water partition coefficient (Wildman–Crippen LogP) is 4.45. The molecule has 4 unspecified atom stereocenters. The lowest BCUT2D eigenvalue weighted by Gasteiger charge is -2.27. The summed E-state index contributed by atoms with van der Waals surface area (Å²) in [5.74, 6) is -4.32. The van der Waals surface area contributed by atoms with Gasteiger partial charge in [0.2, 0.25) is 17.7 Å². The molecule has 3 rings (SSSR count). The average Bonchev–Trinajstić information content (AvgIpc) is 3.14. The van der Waals surface area contributed by atoms with E-state index >= 15 is 0 Å². The van der Waals surface area contributed by atoms with Gasteiger partial charge in [0.25, 0.3) is 0 Å². The molecule has 0 radical (unpaired) electrons. The molecule has 4 amide bonds. The maximum atomic E-state index is 13.9. The van der Waals surface area contributed by atoms with Crippen LogP contribution in [-0.2, 0) is 57.8 Å². The standard InChI is InChI=1S/C42H54N4O10/c1-28(2)23-33(43-37(48)32(46-41(53)56-42(3,4)5)21-22-36(47)55-26-31-19-13-8-14-20-31)38(49)45-35(27-54-25-30-17-11-7-12-18-30)39(50)44-34(40(51)52)24-29-15-9-6-10-16-29/h6-20,28,32-35H,21-27H2,1-5H3,(H,43,48)(H,44,50)(H,45,49)(H,46,53)(H,51,52). The SMILES string of the molecule is CC(C)CC(NC(=O)C(CCC(=O)OCc1ccccc1)NC(=O)OC(C)(C)C)C(=O)NC(COCc1ccccc1)C(=O)NC(Cc1ccccc1)C(=O)O. The third-order valence-corrected chi connectivity index (χ3v) is 8.15. The Morgan fingerprint density at radius 3 is 1.64 bits per heavy atom. The summed E-state index contributed by atoms with van der Waals surface area (Å²) < 4.78 is 16.5. The number of ether oxygens (including phenoxy) is 3. The van der Waals surface area contributed by atoms with Crippen molar-refractivity contribution < 1.29 is 48.1 Å². The van der Waals surface area contributed by atoms with E-state index < -0.39 is 65.5 Å². The molecule has 56 heavy (non-hydrogen) atoms. The van der Waals surface area contributed by atoms with Gasteiger partial charge in [-0.05, 0) is 56.2 Å². The van der Waals surface area contributed by atoms with Crippen LogP contribution in [0, 0.1) is 5.92 Å².